The molecule has 0 aliphatic carbocycles. The zero-order valence-corrected chi connectivity index (χ0v) is 17.4. The molecule has 1 atom stereocenters. The van der Waals surface area contributed by atoms with Crippen LogP contribution in [0.2, 0.25) is 5.02 Å². The Morgan fingerprint density at radius 3 is 2.63 bits per heavy atom. The van der Waals surface area contributed by atoms with Gasteiger partial charge in [0, 0.05) is 22.3 Å². The van der Waals surface area contributed by atoms with Crippen LogP contribution in [-0.4, -0.2) is 36.6 Å². The molecule has 0 aliphatic rings. The maximum absolute atomic E-state index is 12.1. The molecule has 0 heterocycles. The van der Waals surface area contributed by atoms with E-state index in [1.54, 1.807) is 55.5 Å². The predicted octanol–water partition coefficient (Wildman–Crippen LogP) is 2.72. The summed E-state index contributed by atoms with van der Waals surface area (Å²) in [4.78, 5) is 35.5. The predicted molar refractivity (Wildman–Crippen MR) is 116 cm³/mol. The zero-order valence-electron chi connectivity index (χ0n) is 16.6. The molecule has 0 unspecified atom stereocenters. The summed E-state index contributed by atoms with van der Waals surface area (Å²) in [5, 5.41) is 9.51. The lowest BCUT2D eigenvalue weighted by Crippen LogP contribution is -2.41. The first-order valence-corrected chi connectivity index (χ1v) is 9.68. The number of hydrazone groups is 1. The van der Waals surface area contributed by atoms with Gasteiger partial charge in [-0.15, -0.1) is 0 Å². The average Bonchev–Trinajstić information content (AvgIpc) is 2.72. The molecule has 3 N–H and O–H groups in total. The summed E-state index contributed by atoms with van der Waals surface area (Å²) in [5.74, 6) is -1.60. The van der Waals surface area contributed by atoms with E-state index in [9.17, 15) is 14.4 Å². The van der Waals surface area contributed by atoms with Crippen LogP contribution in [0.3, 0.4) is 0 Å². The Morgan fingerprint density at radius 2 is 1.90 bits per heavy atom. The standard InChI is InChI=1S/C21H23ClN4O4/c1-3-14(2)24-20(28)21(29)26-23-12-15-7-4-5-10-18(15)30-13-19(27)25-17-9-6-8-16(22)11-17/h4-12,14H,3,13H2,1-2H3,(H,24,28)(H,25,27)(H,26,29)/b23-12-/t14-/m1/s1. The van der Waals surface area contributed by atoms with E-state index in [0.29, 0.717) is 28.4 Å². The number of rotatable bonds is 8. The van der Waals surface area contributed by atoms with Gasteiger partial charge in [0.1, 0.15) is 5.75 Å². The minimum Gasteiger partial charge on any atom is -0.483 e. The van der Waals surface area contributed by atoms with Gasteiger partial charge in [-0.2, -0.15) is 5.10 Å². The molecule has 2 rings (SSSR count). The fraction of sp³-hybridized carbons (Fsp3) is 0.238. The van der Waals surface area contributed by atoms with Crippen LogP contribution in [0.4, 0.5) is 5.69 Å². The van der Waals surface area contributed by atoms with Crippen molar-refractivity contribution in [2.45, 2.75) is 26.3 Å². The number of carbonyl (C=O) groups excluding carboxylic acids is 3. The highest BCUT2D eigenvalue weighted by Crippen LogP contribution is 2.17. The minimum absolute atomic E-state index is 0.112. The second-order valence-corrected chi connectivity index (χ2v) is 6.80. The van der Waals surface area contributed by atoms with Gasteiger partial charge in [0.2, 0.25) is 0 Å². The molecular weight excluding hydrogens is 408 g/mol. The topological polar surface area (TPSA) is 109 Å². The number of amides is 3. The number of carbonyl (C=O) groups is 3. The zero-order chi connectivity index (χ0) is 21.9. The van der Waals surface area contributed by atoms with E-state index in [2.05, 4.69) is 21.2 Å². The molecule has 0 bridgehead atoms. The highest BCUT2D eigenvalue weighted by Gasteiger charge is 2.14. The van der Waals surface area contributed by atoms with Crippen molar-refractivity contribution in [1.29, 1.82) is 0 Å². The number of nitrogens with zero attached hydrogens (tertiary/aromatic N) is 1. The molecule has 0 fully saturated rings. The normalized spacial score (nSPS) is 11.6. The number of halogens is 1. The second kappa shape index (κ2) is 11.6. The van der Waals surface area contributed by atoms with Crippen molar-refractivity contribution in [3.05, 3.63) is 59.1 Å². The molecule has 2 aromatic carbocycles. The largest absolute Gasteiger partial charge is 0.483 e. The number of benzene rings is 2. The van der Waals surface area contributed by atoms with Crippen LogP contribution >= 0.6 is 11.6 Å². The molecular formula is C21H23ClN4O4. The van der Waals surface area contributed by atoms with E-state index in [4.69, 9.17) is 16.3 Å². The van der Waals surface area contributed by atoms with Gasteiger partial charge in [-0.05, 0) is 43.7 Å². The molecule has 3 amide bonds. The van der Waals surface area contributed by atoms with Gasteiger partial charge < -0.3 is 15.4 Å². The highest BCUT2D eigenvalue weighted by atomic mass is 35.5. The van der Waals surface area contributed by atoms with E-state index in [1.807, 2.05) is 6.92 Å². The van der Waals surface area contributed by atoms with Gasteiger partial charge in [0.25, 0.3) is 5.91 Å². The van der Waals surface area contributed by atoms with Crippen molar-refractivity contribution in [1.82, 2.24) is 10.7 Å². The summed E-state index contributed by atoms with van der Waals surface area (Å²) < 4.78 is 5.55. The van der Waals surface area contributed by atoms with Gasteiger partial charge in [0.15, 0.2) is 6.61 Å². The lowest BCUT2D eigenvalue weighted by Gasteiger charge is -2.10. The van der Waals surface area contributed by atoms with Crippen molar-refractivity contribution in [3.63, 3.8) is 0 Å². The van der Waals surface area contributed by atoms with E-state index in [1.165, 1.54) is 6.21 Å². The third kappa shape index (κ3) is 7.56. The molecule has 0 aliphatic heterocycles. The summed E-state index contributed by atoms with van der Waals surface area (Å²) in [7, 11) is 0. The Labute approximate surface area is 179 Å². The SMILES string of the molecule is CC[C@@H](C)NC(=O)C(=O)N/N=C\c1ccccc1OCC(=O)Nc1cccc(Cl)c1. The monoisotopic (exact) mass is 430 g/mol. The molecule has 0 saturated heterocycles. The van der Waals surface area contributed by atoms with Gasteiger partial charge in [-0.25, -0.2) is 5.43 Å². The molecule has 30 heavy (non-hydrogen) atoms. The number of anilines is 1. The number of hydrogen-bond acceptors (Lipinski definition) is 5. The van der Waals surface area contributed by atoms with Crippen molar-refractivity contribution < 1.29 is 19.1 Å². The summed E-state index contributed by atoms with van der Waals surface area (Å²) in [6.45, 7) is 3.46. The van der Waals surface area contributed by atoms with Crippen LogP contribution < -0.4 is 20.8 Å². The summed E-state index contributed by atoms with van der Waals surface area (Å²) in [6, 6.07) is 13.5. The first-order chi connectivity index (χ1) is 14.4. The Morgan fingerprint density at radius 1 is 1.13 bits per heavy atom. The van der Waals surface area contributed by atoms with E-state index in [0.717, 1.165) is 0 Å². The number of nitrogens with one attached hydrogen (secondary N) is 3. The number of hydrogen-bond donors (Lipinski definition) is 3. The highest BCUT2D eigenvalue weighted by molar-refractivity contribution is 6.35. The molecule has 0 aromatic heterocycles. The lowest BCUT2D eigenvalue weighted by atomic mass is 10.2. The number of para-hydroxylation sites is 1. The lowest BCUT2D eigenvalue weighted by molar-refractivity contribution is -0.139. The van der Waals surface area contributed by atoms with E-state index in [-0.39, 0.29) is 18.6 Å². The maximum Gasteiger partial charge on any atom is 0.329 e. The first kappa shape index (κ1) is 22.9. The Kier molecular flexibility index (Phi) is 8.83. The van der Waals surface area contributed by atoms with Crippen molar-refractivity contribution >= 4 is 41.2 Å². The van der Waals surface area contributed by atoms with E-state index >= 15 is 0 Å². The van der Waals surface area contributed by atoms with Crippen LogP contribution in [0.5, 0.6) is 5.75 Å². The van der Waals surface area contributed by atoms with Gasteiger partial charge in [-0.3, -0.25) is 14.4 Å². The van der Waals surface area contributed by atoms with E-state index < -0.39 is 11.8 Å². The van der Waals surface area contributed by atoms with Crippen molar-refractivity contribution in [3.8, 4) is 5.75 Å². The molecule has 0 spiro atoms. The first-order valence-electron chi connectivity index (χ1n) is 9.30. The maximum atomic E-state index is 12.1. The van der Waals surface area contributed by atoms with Crippen molar-refractivity contribution in [2.24, 2.45) is 5.10 Å². The molecule has 8 nitrogen and oxygen atoms in total. The molecule has 0 saturated carbocycles. The Hall–Kier alpha value is -3.39. The fourth-order valence-corrected chi connectivity index (χ4v) is 2.42. The summed E-state index contributed by atoms with van der Waals surface area (Å²) in [5.41, 5.74) is 3.24. The van der Waals surface area contributed by atoms with Gasteiger partial charge >= 0.3 is 11.8 Å². The van der Waals surface area contributed by atoms with Crippen LogP contribution in [0.1, 0.15) is 25.8 Å². The molecule has 158 valence electrons. The minimum atomic E-state index is -0.870. The van der Waals surface area contributed by atoms with Gasteiger partial charge in [0.05, 0.1) is 6.21 Å². The van der Waals surface area contributed by atoms with Crippen LogP contribution in [0, 0.1) is 0 Å². The smallest absolute Gasteiger partial charge is 0.329 e. The van der Waals surface area contributed by atoms with Crippen LogP contribution in [-0.2, 0) is 14.4 Å². The third-order valence-corrected chi connectivity index (χ3v) is 4.19. The van der Waals surface area contributed by atoms with Gasteiger partial charge in [-0.1, -0.05) is 36.7 Å². The Bertz CT molecular complexity index is 933. The molecule has 9 heteroatoms. The summed E-state index contributed by atoms with van der Waals surface area (Å²) in [6.07, 6.45) is 2.04. The fourth-order valence-electron chi connectivity index (χ4n) is 2.23. The third-order valence-electron chi connectivity index (χ3n) is 3.95. The average molecular weight is 431 g/mol. The van der Waals surface area contributed by atoms with Crippen LogP contribution in [0.25, 0.3) is 0 Å². The second-order valence-electron chi connectivity index (χ2n) is 6.37. The Balaban J connectivity index is 1.90. The molecule has 0 radical (unpaired) electrons. The van der Waals surface area contributed by atoms with Crippen molar-refractivity contribution in [2.75, 3.05) is 11.9 Å². The quantitative estimate of drug-likeness (QED) is 0.340. The van der Waals surface area contributed by atoms with Crippen LogP contribution in [0.15, 0.2) is 53.6 Å². The summed E-state index contributed by atoms with van der Waals surface area (Å²) >= 11 is 5.89. The molecule has 2 aromatic rings. The number of ether oxygens (including phenoxy) is 1.